The molecule has 0 saturated carbocycles. The molecule has 5 heteroatoms. The van der Waals surface area contributed by atoms with Crippen molar-refractivity contribution in [3.8, 4) is 0 Å². The van der Waals surface area contributed by atoms with Crippen LogP contribution in [0.2, 0.25) is 0 Å². The molecule has 0 saturated heterocycles. The first kappa shape index (κ1) is 14.4. The number of nitrogens with one attached hydrogen (secondary N) is 1. The fourth-order valence-electron chi connectivity index (χ4n) is 1.67. The Kier molecular flexibility index (Phi) is 5.01. The molecule has 0 spiro atoms. The molecule has 0 aliphatic heterocycles. The number of hydrogen-bond donors (Lipinski definition) is 1. The Balaban J connectivity index is 1.97. The van der Waals surface area contributed by atoms with E-state index in [1.807, 2.05) is 61.8 Å². The van der Waals surface area contributed by atoms with Gasteiger partial charge in [-0.2, -0.15) is 9.67 Å². The van der Waals surface area contributed by atoms with E-state index in [0.29, 0.717) is 0 Å². The average molecular weight is 333 g/mol. The Morgan fingerprint density at radius 2 is 2.00 bits per heavy atom. The second kappa shape index (κ2) is 6.96. The second-order valence-electron chi connectivity index (χ2n) is 4.29. The van der Waals surface area contributed by atoms with Gasteiger partial charge in [0.25, 0.3) is 0 Å². The van der Waals surface area contributed by atoms with Crippen molar-refractivity contribution >= 4 is 27.5 Å². The lowest BCUT2D eigenvalue weighted by Crippen LogP contribution is -2.41. The number of hydrogen-bond acceptors (Lipinski definition) is 2. The quantitative estimate of drug-likeness (QED) is 0.521. The van der Waals surface area contributed by atoms with E-state index >= 15 is 0 Å². The SMILES string of the molecule is C/C(=N/NC(=O)C[n+]1ccccc1)c1cccc(Br)c1. The van der Waals surface area contributed by atoms with Crippen molar-refractivity contribution in [3.63, 3.8) is 0 Å². The summed E-state index contributed by atoms with van der Waals surface area (Å²) in [7, 11) is 0. The number of carbonyl (C=O) groups is 1. The topological polar surface area (TPSA) is 45.3 Å². The van der Waals surface area contributed by atoms with Gasteiger partial charge in [0.15, 0.2) is 12.4 Å². The van der Waals surface area contributed by atoms with Gasteiger partial charge in [-0.05, 0) is 24.6 Å². The van der Waals surface area contributed by atoms with Crippen LogP contribution in [0.4, 0.5) is 0 Å². The number of hydrazone groups is 1. The van der Waals surface area contributed by atoms with E-state index in [1.54, 1.807) is 4.57 Å². The lowest BCUT2D eigenvalue weighted by atomic mass is 10.1. The molecule has 1 amide bonds. The maximum Gasteiger partial charge on any atom is 0.305 e. The lowest BCUT2D eigenvalue weighted by Gasteiger charge is -2.02. The molecule has 0 fully saturated rings. The fraction of sp³-hybridized carbons (Fsp3) is 0.133. The molecule has 1 N–H and O–H groups in total. The fourth-order valence-corrected chi connectivity index (χ4v) is 2.06. The Hall–Kier alpha value is -2.01. The number of aromatic nitrogens is 1. The molecule has 4 nitrogen and oxygen atoms in total. The smallest absolute Gasteiger partial charge is 0.266 e. The molecule has 20 heavy (non-hydrogen) atoms. The summed E-state index contributed by atoms with van der Waals surface area (Å²) in [5.41, 5.74) is 4.29. The van der Waals surface area contributed by atoms with E-state index in [4.69, 9.17) is 0 Å². The zero-order valence-electron chi connectivity index (χ0n) is 11.1. The molecule has 1 aromatic heterocycles. The molecular formula is C15H15BrN3O+. The van der Waals surface area contributed by atoms with Crippen LogP contribution < -0.4 is 9.99 Å². The van der Waals surface area contributed by atoms with Crippen LogP contribution in [-0.4, -0.2) is 11.6 Å². The van der Waals surface area contributed by atoms with Gasteiger partial charge in [-0.25, -0.2) is 5.43 Å². The highest BCUT2D eigenvalue weighted by Crippen LogP contribution is 2.12. The van der Waals surface area contributed by atoms with E-state index in [0.717, 1.165) is 15.7 Å². The standard InChI is InChI=1S/C15H14BrN3O/c1-12(13-6-5-7-14(16)10-13)17-18-15(20)11-19-8-3-2-4-9-19/h2-10H,11H2,1H3/p+1/b17-12-. The van der Waals surface area contributed by atoms with Gasteiger partial charge < -0.3 is 0 Å². The van der Waals surface area contributed by atoms with Crippen molar-refractivity contribution in [1.29, 1.82) is 0 Å². The van der Waals surface area contributed by atoms with Gasteiger partial charge in [-0.3, -0.25) is 4.79 Å². The van der Waals surface area contributed by atoms with E-state index in [2.05, 4.69) is 26.5 Å². The molecule has 0 aliphatic carbocycles. The van der Waals surface area contributed by atoms with Crippen molar-refractivity contribution < 1.29 is 9.36 Å². The minimum atomic E-state index is -0.157. The highest BCUT2D eigenvalue weighted by Gasteiger charge is 2.07. The number of halogens is 1. The van der Waals surface area contributed by atoms with Crippen LogP contribution in [0.15, 0.2) is 64.4 Å². The van der Waals surface area contributed by atoms with Gasteiger partial charge in [0.1, 0.15) is 0 Å². The normalized spacial score (nSPS) is 11.2. The maximum atomic E-state index is 11.8. The summed E-state index contributed by atoms with van der Waals surface area (Å²) in [6, 6.07) is 13.4. The van der Waals surface area contributed by atoms with Crippen LogP contribution >= 0.6 is 15.9 Å². The third kappa shape index (κ3) is 4.28. The summed E-state index contributed by atoms with van der Waals surface area (Å²) in [4.78, 5) is 11.8. The Labute approximate surface area is 126 Å². The lowest BCUT2D eigenvalue weighted by molar-refractivity contribution is -0.684. The predicted molar refractivity (Wildman–Crippen MR) is 81.1 cm³/mol. The second-order valence-corrected chi connectivity index (χ2v) is 5.21. The largest absolute Gasteiger partial charge is 0.305 e. The number of rotatable bonds is 4. The van der Waals surface area contributed by atoms with Gasteiger partial charge in [-0.1, -0.05) is 34.1 Å². The van der Waals surface area contributed by atoms with Crippen LogP contribution in [0.25, 0.3) is 0 Å². The van der Waals surface area contributed by atoms with E-state index in [9.17, 15) is 4.79 Å². The molecule has 2 rings (SSSR count). The molecule has 1 aromatic carbocycles. The Morgan fingerprint density at radius 3 is 2.70 bits per heavy atom. The molecule has 0 atom stereocenters. The van der Waals surface area contributed by atoms with Crippen molar-refractivity contribution in [2.45, 2.75) is 13.5 Å². The minimum Gasteiger partial charge on any atom is -0.266 e. The van der Waals surface area contributed by atoms with Gasteiger partial charge in [0.2, 0.25) is 6.54 Å². The molecule has 2 aromatic rings. The molecule has 0 bridgehead atoms. The highest BCUT2D eigenvalue weighted by atomic mass is 79.9. The van der Waals surface area contributed by atoms with Crippen molar-refractivity contribution in [3.05, 3.63) is 64.9 Å². The minimum absolute atomic E-state index is 0.157. The van der Waals surface area contributed by atoms with Crippen molar-refractivity contribution in [2.24, 2.45) is 5.10 Å². The third-order valence-electron chi connectivity index (χ3n) is 2.69. The maximum absolute atomic E-state index is 11.8. The molecule has 0 radical (unpaired) electrons. The zero-order valence-corrected chi connectivity index (χ0v) is 12.7. The van der Waals surface area contributed by atoms with Gasteiger partial charge in [0.05, 0.1) is 5.71 Å². The third-order valence-corrected chi connectivity index (χ3v) is 3.19. The summed E-state index contributed by atoms with van der Waals surface area (Å²) in [5, 5.41) is 4.11. The van der Waals surface area contributed by atoms with E-state index < -0.39 is 0 Å². The first-order chi connectivity index (χ1) is 9.65. The Bertz CT molecular complexity index is 626. The summed E-state index contributed by atoms with van der Waals surface area (Å²) in [6.07, 6.45) is 3.68. The summed E-state index contributed by atoms with van der Waals surface area (Å²) in [5.74, 6) is -0.157. The average Bonchev–Trinajstić information content (AvgIpc) is 2.46. The number of carbonyl (C=O) groups excluding carboxylic acids is 1. The van der Waals surface area contributed by atoms with E-state index in [-0.39, 0.29) is 12.5 Å². The van der Waals surface area contributed by atoms with Crippen molar-refractivity contribution in [2.75, 3.05) is 0 Å². The van der Waals surface area contributed by atoms with Gasteiger partial charge in [0, 0.05) is 16.6 Å². The summed E-state index contributed by atoms with van der Waals surface area (Å²) < 4.78 is 2.77. The van der Waals surface area contributed by atoms with Crippen LogP contribution in [0.1, 0.15) is 12.5 Å². The number of amides is 1. The van der Waals surface area contributed by atoms with Crippen LogP contribution in [0.3, 0.4) is 0 Å². The first-order valence-corrected chi connectivity index (χ1v) is 6.97. The van der Waals surface area contributed by atoms with Gasteiger partial charge >= 0.3 is 5.91 Å². The monoisotopic (exact) mass is 332 g/mol. The van der Waals surface area contributed by atoms with E-state index in [1.165, 1.54) is 0 Å². The summed E-state index contributed by atoms with van der Waals surface area (Å²) in [6.45, 7) is 2.10. The number of nitrogens with zero attached hydrogens (tertiary/aromatic N) is 2. The molecule has 0 unspecified atom stereocenters. The highest BCUT2D eigenvalue weighted by molar-refractivity contribution is 9.10. The van der Waals surface area contributed by atoms with Crippen molar-refractivity contribution in [1.82, 2.24) is 5.43 Å². The predicted octanol–water partition coefficient (Wildman–Crippen LogP) is 2.28. The van der Waals surface area contributed by atoms with Crippen LogP contribution in [-0.2, 0) is 11.3 Å². The zero-order chi connectivity index (χ0) is 14.4. The van der Waals surface area contributed by atoms with Crippen LogP contribution in [0.5, 0.6) is 0 Å². The summed E-state index contributed by atoms with van der Waals surface area (Å²) >= 11 is 3.41. The molecule has 102 valence electrons. The molecular weight excluding hydrogens is 318 g/mol. The number of pyridine rings is 1. The molecule has 0 aliphatic rings. The Morgan fingerprint density at radius 1 is 1.25 bits per heavy atom. The van der Waals surface area contributed by atoms with Crippen LogP contribution in [0, 0.1) is 0 Å². The number of benzene rings is 1. The van der Waals surface area contributed by atoms with Gasteiger partial charge in [-0.15, -0.1) is 0 Å². The molecule has 1 heterocycles. The first-order valence-electron chi connectivity index (χ1n) is 6.18.